The summed E-state index contributed by atoms with van der Waals surface area (Å²) in [5.74, 6) is -0.748. The van der Waals surface area contributed by atoms with E-state index in [-0.39, 0.29) is 6.42 Å². The van der Waals surface area contributed by atoms with Crippen molar-refractivity contribution >= 4 is 18.0 Å². The highest BCUT2D eigenvalue weighted by Crippen LogP contribution is 2.13. The van der Waals surface area contributed by atoms with Gasteiger partial charge in [-0.1, -0.05) is 42.5 Å². The first-order valence-electron chi connectivity index (χ1n) is 8.06. The van der Waals surface area contributed by atoms with E-state index in [0.29, 0.717) is 6.61 Å². The molecule has 1 atom stereocenters. The van der Waals surface area contributed by atoms with Crippen LogP contribution in [0.3, 0.4) is 0 Å². The predicted molar refractivity (Wildman–Crippen MR) is 96.4 cm³/mol. The maximum atomic E-state index is 12.0. The Labute approximate surface area is 146 Å². The van der Waals surface area contributed by atoms with Gasteiger partial charge in [-0.25, -0.2) is 4.79 Å². The molecular formula is C20H21NO4. The van der Waals surface area contributed by atoms with Gasteiger partial charge in [-0.05, 0) is 36.3 Å². The minimum absolute atomic E-state index is 0.235. The van der Waals surface area contributed by atoms with E-state index in [1.54, 1.807) is 6.08 Å². The average molecular weight is 339 g/mol. The van der Waals surface area contributed by atoms with Crippen molar-refractivity contribution in [2.75, 3.05) is 6.61 Å². The smallest absolute Gasteiger partial charge is 0.326 e. The van der Waals surface area contributed by atoms with E-state index in [2.05, 4.69) is 5.32 Å². The number of carboxylic acid groups (broad SMARTS) is 1. The van der Waals surface area contributed by atoms with Crippen LogP contribution >= 0.6 is 0 Å². The van der Waals surface area contributed by atoms with E-state index in [0.717, 1.165) is 16.9 Å². The summed E-state index contributed by atoms with van der Waals surface area (Å²) >= 11 is 0. The minimum atomic E-state index is -1.06. The molecule has 2 aromatic rings. The maximum absolute atomic E-state index is 12.0. The summed E-state index contributed by atoms with van der Waals surface area (Å²) < 4.78 is 5.35. The SMILES string of the molecule is CCOc1ccc(/C=C/C(=O)N[C@@H](Cc2ccccc2)C(=O)O)cc1. The van der Waals surface area contributed by atoms with Gasteiger partial charge < -0.3 is 15.2 Å². The fraction of sp³-hybridized carbons (Fsp3) is 0.200. The number of ether oxygens (including phenoxy) is 1. The monoisotopic (exact) mass is 339 g/mol. The molecule has 0 spiro atoms. The number of nitrogens with one attached hydrogen (secondary N) is 1. The Hall–Kier alpha value is -3.08. The molecule has 0 radical (unpaired) electrons. The second-order valence-corrected chi connectivity index (χ2v) is 5.42. The van der Waals surface area contributed by atoms with Gasteiger partial charge in [0.05, 0.1) is 6.61 Å². The third kappa shape index (κ3) is 6.14. The Morgan fingerprint density at radius 1 is 1.12 bits per heavy atom. The number of amides is 1. The van der Waals surface area contributed by atoms with Crippen LogP contribution in [-0.2, 0) is 16.0 Å². The van der Waals surface area contributed by atoms with Crippen LogP contribution in [-0.4, -0.2) is 29.6 Å². The molecule has 0 aromatic heterocycles. The molecule has 1 amide bonds. The van der Waals surface area contributed by atoms with Gasteiger partial charge in [0.1, 0.15) is 11.8 Å². The fourth-order valence-corrected chi connectivity index (χ4v) is 2.28. The standard InChI is InChI=1S/C20H21NO4/c1-2-25-17-11-8-15(9-12-17)10-13-19(22)21-18(20(23)24)14-16-6-4-3-5-7-16/h3-13,18H,2,14H2,1H3,(H,21,22)(H,23,24)/b13-10+/t18-/m0/s1. The largest absolute Gasteiger partial charge is 0.494 e. The Kier molecular flexibility index (Phi) is 6.77. The van der Waals surface area contributed by atoms with Crippen LogP contribution in [0.5, 0.6) is 5.75 Å². The molecule has 2 aromatic carbocycles. The number of aliphatic carboxylic acids is 1. The molecule has 0 aliphatic heterocycles. The lowest BCUT2D eigenvalue weighted by molar-refractivity contribution is -0.141. The molecule has 0 saturated heterocycles. The number of carbonyl (C=O) groups is 2. The maximum Gasteiger partial charge on any atom is 0.326 e. The molecule has 0 fully saturated rings. The number of rotatable bonds is 8. The van der Waals surface area contributed by atoms with Gasteiger partial charge >= 0.3 is 5.97 Å². The van der Waals surface area contributed by atoms with Gasteiger partial charge in [-0.3, -0.25) is 4.79 Å². The minimum Gasteiger partial charge on any atom is -0.494 e. The van der Waals surface area contributed by atoms with Crippen LogP contribution in [0.2, 0.25) is 0 Å². The predicted octanol–water partition coefficient (Wildman–Crippen LogP) is 2.91. The summed E-state index contributed by atoms with van der Waals surface area (Å²) in [6.45, 7) is 2.50. The van der Waals surface area contributed by atoms with Crippen molar-refractivity contribution in [3.05, 3.63) is 71.8 Å². The number of benzene rings is 2. The van der Waals surface area contributed by atoms with E-state index in [9.17, 15) is 14.7 Å². The number of hydrogen-bond donors (Lipinski definition) is 2. The van der Waals surface area contributed by atoms with Crippen LogP contribution in [0, 0.1) is 0 Å². The fourth-order valence-electron chi connectivity index (χ4n) is 2.28. The molecule has 0 aliphatic rings. The Bertz CT molecular complexity index is 723. The highest BCUT2D eigenvalue weighted by molar-refractivity contribution is 5.94. The van der Waals surface area contributed by atoms with E-state index in [1.807, 2.05) is 61.5 Å². The molecule has 5 nitrogen and oxygen atoms in total. The summed E-state index contributed by atoms with van der Waals surface area (Å²) in [4.78, 5) is 23.4. The van der Waals surface area contributed by atoms with E-state index >= 15 is 0 Å². The van der Waals surface area contributed by atoms with Crippen molar-refractivity contribution in [1.29, 1.82) is 0 Å². The van der Waals surface area contributed by atoms with E-state index in [1.165, 1.54) is 6.08 Å². The summed E-state index contributed by atoms with van der Waals surface area (Å²) in [6.07, 6.45) is 3.20. The first-order valence-corrected chi connectivity index (χ1v) is 8.06. The third-order valence-corrected chi connectivity index (χ3v) is 3.52. The lowest BCUT2D eigenvalue weighted by Gasteiger charge is -2.13. The van der Waals surface area contributed by atoms with Crippen molar-refractivity contribution in [3.8, 4) is 5.75 Å². The van der Waals surface area contributed by atoms with Crippen LogP contribution in [0.25, 0.3) is 6.08 Å². The molecule has 0 unspecified atom stereocenters. The highest BCUT2D eigenvalue weighted by Gasteiger charge is 2.19. The molecule has 5 heteroatoms. The van der Waals surface area contributed by atoms with Crippen molar-refractivity contribution in [2.45, 2.75) is 19.4 Å². The topological polar surface area (TPSA) is 75.6 Å². The molecule has 2 N–H and O–H groups in total. The summed E-state index contributed by atoms with van der Waals surface area (Å²) in [6, 6.07) is 15.5. The number of carboxylic acids is 1. The van der Waals surface area contributed by atoms with Crippen LogP contribution < -0.4 is 10.1 Å². The molecule has 0 saturated carbocycles. The van der Waals surface area contributed by atoms with Gasteiger partial charge in [0.25, 0.3) is 0 Å². The molecule has 2 rings (SSSR count). The van der Waals surface area contributed by atoms with E-state index in [4.69, 9.17) is 4.74 Å². The molecular weight excluding hydrogens is 318 g/mol. The summed E-state index contributed by atoms with van der Waals surface area (Å²) in [7, 11) is 0. The lowest BCUT2D eigenvalue weighted by Crippen LogP contribution is -2.41. The molecule has 25 heavy (non-hydrogen) atoms. The van der Waals surface area contributed by atoms with Gasteiger partial charge in [0, 0.05) is 12.5 Å². The van der Waals surface area contributed by atoms with Gasteiger partial charge in [0.2, 0.25) is 5.91 Å². The lowest BCUT2D eigenvalue weighted by atomic mass is 10.1. The Balaban J connectivity index is 1.95. The van der Waals surface area contributed by atoms with Crippen LogP contribution in [0.4, 0.5) is 0 Å². The number of hydrogen-bond acceptors (Lipinski definition) is 3. The second-order valence-electron chi connectivity index (χ2n) is 5.42. The first kappa shape index (κ1) is 18.3. The van der Waals surface area contributed by atoms with Crippen molar-refractivity contribution in [3.63, 3.8) is 0 Å². The molecule has 0 aliphatic carbocycles. The average Bonchev–Trinajstić information content (AvgIpc) is 2.61. The van der Waals surface area contributed by atoms with Crippen molar-refractivity contribution in [2.24, 2.45) is 0 Å². The zero-order valence-corrected chi connectivity index (χ0v) is 14.0. The normalized spacial score (nSPS) is 11.9. The van der Waals surface area contributed by atoms with Crippen LogP contribution in [0.15, 0.2) is 60.7 Å². The first-order chi connectivity index (χ1) is 12.1. The Morgan fingerprint density at radius 3 is 2.40 bits per heavy atom. The quantitative estimate of drug-likeness (QED) is 0.725. The van der Waals surface area contributed by atoms with Crippen molar-refractivity contribution in [1.82, 2.24) is 5.32 Å². The molecule has 0 heterocycles. The second kappa shape index (κ2) is 9.27. The number of carbonyl (C=O) groups excluding carboxylic acids is 1. The molecule has 0 bridgehead atoms. The van der Waals surface area contributed by atoms with Gasteiger partial charge in [0.15, 0.2) is 0 Å². The highest BCUT2D eigenvalue weighted by atomic mass is 16.5. The van der Waals surface area contributed by atoms with E-state index < -0.39 is 17.9 Å². The Morgan fingerprint density at radius 2 is 1.80 bits per heavy atom. The van der Waals surface area contributed by atoms with Crippen LogP contribution in [0.1, 0.15) is 18.1 Å². The zero-order valence-electron chi connectivity index (χ0n) is 14.0. The molecule has 130 valence electrons. The summed E-state index contributed by atoms with van der Waals surface area (Å²) in [5, 5.41) is 11.8. The van der Waals surface area contributed by atoms with Gasteiger partial charge in [-0.15, -0.1) is 0 Å². The zero-order chi connectivity index (χ0) is 18.1. The van der Waals surface area contributed by atoms with Crippen molar-refractivity contribution < 1.29 is 19.4 Å². The summed E-state index contributed by atoms with van der Waals surface area (Å²) in [5.41, 5.74) is 1.68. The van der Waals surface area contributed by atoms with Gasteiger partial charge in [-0.2, -0.15) is 0 Å². The third-order valence-electron chi connectivity index (χ3n) is 3.52.